The summed E-state index contributed by atoms with van der Waals surface area (Å²) in [5.41, 5.74) is 1.80. The zero-order valence-corrected chi connectivity index (χ0v) is 19.3. The van der Waals surface area contributed by atoms with Crippen LogP contribution in [0.2, 0.25) is 0 Å². The lowest BCUT2D eigenvalue weighted by Crippen LogP contribution is -2.32. The number of carboxylic acid groups (broad SMARTS) is 1. The molecule has 9 heteroatoms. The van der Waals surface area contributed by atoms with Crippen molar-refractivity contribution in [3.8, 4) is 0 Å². The molecule has 0 bridgehead atoms. The summed E-state index contributed by atoms with van der Waals surface area (Å²) < 4.78 is 14.9. The van der Waals surface area contributed by atoms with E-state index < -0.39 is 22.3 Å². The van der Waals surface area contributed by atoms with Gasteiger partial charge in [0.2, 0.25) is 0 Å². The smallest absolute Gasteiger partial charge is 0.337 e. The molecule has 0 aromatic heterocycles. The summed E-state index contributed by atoms with van der Waals surface area (Å²) in [5.74, 6) is -1.83. The molecule has 3 aromatic carbocycles. The number of nitrogens with zero attached hydrogens (tertiary/aromatic N) is 1. The van der Waals surface area contributed by atoms with Crippen LogP contribution < -0.4 is 5.32 Å². The monoisotopic (exact) mass is 498 g/mol. The Bertz CT molecular complexity index is 1290. The van der Waals surface area contributed by atoms with Crippen LogP contribution in [-0.4, -0.2) is 26.6 Å². The minimum absolute atomic E-state index is 0.0172. The van der Waals surface area contributed by atoms with Gasteiger partial charge >= 0.3 is 5.97 Å². The zero-order valence-electron chi connectivity index (χ0n) is 17.7. The quantitative estimate of drug-likeness (QED) is 0.238. The van der Waals surface area contributed by atoms with Crippen molar-refractivity contribution in [2.75, 3.05) is 5.32 Å². The topological polar surface area (TPSA) is 92.5 Å². The number of fused-ring (bicyclic) bond motifs is 3. The molecule has 34 heavy (non-hydrogen) atoms. The van der Waals surface area contributed by atoms with E-state index in [2.05, 4.69) is 5.32 Å². The van der Waals surface area contributed by atoms with E-state index in [-0.39, 0.29) is 34.2 Å². The molecule has 0 spiro atoms. The molecule has 1 heterocycles. The Morgan fingerprint density at radius 2 is 1.79 bits per heavy atom. The largest absolute Gasteiger partial charge is 0.478 e. The molecule has 0 unspecified atom stereocenters. The van der Waals surface area contributed by atoms with Gasteiger partial charge in [0.25, 0.3) is 5.69 Å². The molecule has 3 aromatic rings. The number of alkyl halides is 1. The second-order valence-electron chi connectivity index (χ2n) is 8.47. The third-order valence-corrected chi connectivity index (χ3v) is 8.77. The van der Waals surface area contributed by atoms with E-state index in [0.717, 1.165) is 5.56 Å². The summed E-state index contributed by atoms with van der Waals surface area (Å²) >= 11 is 8.38. The Morgan fingerprint density at radius 3 is 2.53 bits per heavy atom. The maximum atomic E-state index is 14.9. The summed E-state index contributed by atoms with van der Waals surface area (Å²) in [7, 11) is 0. The number of anilines is 1. The number of hydrogen-bond donors (Lipinski definition) is 2. The van der Waals surface area contributed by atoms with Crippen LogP contribution in [0.15, 0.2) is 71.6 Å². The molecule has 1 fully saturated rings. The number of hydrogen-bond acceptors (Lipinski definition) is 5. The standard InChI is InChI=1S/C25H20ClFN2O4S/c26-22-20(34-19-11-4-3-10-18(19)29(32)33)12-16-21(22)14-7-5-8-15(25(30)31)24(14)28-23(16)13-6-1-2-9-17(13)27/h1-11,16,20-23,28H,12H2,(H,30,31)/t16-,20+,21-,22+,23+/m1/s1. The highest BCUT2D eigenvalue weighted by Crippen LogP contribution is 2.58. The molecule has 6 nitrogen and oxygen atoms in total. The van der Waals surface area contributed by atoms with Gasteiger partial charge in [0.1, 0.15) is 5.82 Å². The van der Waals surface area contributed by atoms with Gasteiger partial charge in [-0.2, -0.15) is 0 Å². The number of nitrogens with one attached hydrogen (secondary N) is 1. The van der Waals surface area contributed by atoms with E-state index in [1.807, 2.05) is 6.07 Å². The van der Waals surface area contributed by atoms with Crippen LogP contribution in [0.3, 0.4) is 0 Å². The highest BCUT2D eigenvalue weighted by atomic mass is 35.5. The number of rotatable bonds is 5. The second kappa shape index (κ2) is 8.92. The molecule has 174 valence electrons. The van der Waals surface area contributed by atoms with Crippen molar-refractivity contribution < 1.29 is 19.2 Å². The van der Waals surface area contributed by atoms with Gasteiger partial charge in [-0.15, -0.1) is 23.4 Å². The molecule has 1 saturated carbocycles. The Balaban J connectivity index is 1.59. The lowest BCUT2D eigenvalue weighted by atomic mass is 9.76. The number of nitro groups is 1. The Kier molecular flexibility index (Phi) is 5.95. The van der Waals surface area contributed by atoms with Gasteiger partial charge in [0, 0.05) is 22.8 Å². The SMILES string of the molecule is O=C(O)c1cccc2c1N[C@@H](c1ccccc1F)[C@@H]1C[C@H](Sc3ccccc3[N+](=O)[O-])[C@H](Cl)[C@H]21. The fourth-order valence-corrected chi connectivity index (χ4v) is 7.17. The number of halogens is 2. The van der Waals surface area contributed by atoms with Crippen LogP contribution in [0.5, 0.6) is 0 Å². The van der Waals surface area contributed by atoms with Gasteiger partial charge < -0.3 is 10.4 Å². The van der Waals surface area contributed by atoms with Gasteiger partial charge in [0.05, 0.1) is 32.5 Å². The summed E-state index contributed by atoms with van der Waals surface area (Å²) in [6.45, 7) is 0. The number of para-hydroxylation sites is 2. The number of nitro benzene ring substituents is 1. The molecule has 1 aliphatic carbocycles. The van der Waals surface area contributed by atoms with Crippen LogP contribution >= 0.6 is 23.4 Å². The van der Waals surface area contributed by atoms with Gasteiger partial charge in [-0.3, -0.25) is 10.1 Å². The van der Waals surface area contributed by atoms with Gasteiger partial charge in [-0.1, -0.05) is 42.5 Å². The number of carbonyl (C=O) groups is 1. The van der Waals surface area contributed by atoms with E-state index in [0.29, 0.717) is 22.6 Å². The summed E-state index contributed by atoms with van der Waals surface area (Å²) in [6, 6.07) is 17.6. The normalized spacial score (nSPS) is 25.2. The fraction of sp³-hybridized carbons (Fsp3) is 0.240. The minimum atomic E-state index is -1.08. The highest BCUT2D eigenvalue weighted by molar-refractivity contribution is 8.00. The van der Waals surface area contributed by atoms with Gasteiger partial charge in [0.15, 0.2) is 0 Å². The second-order valence-corrected chi connectivity index (χ2v) is 10.3. The van der Waals surface area contributed by atoms with Crippen LogP contribution in [-0.2, 0) is 0 Å². The predicted octanol–water partition coefficient (Wildman–Crippen LogP) is 6.47. The van der Waals surface area contributed by atoms with Crippen LogP contribution in [0.1, 0.15) is 39.9 Å². The molecule has 0 saturated heterocycles. The van der Waals surface area contributed by atoms with E-state index in [9.17, 15) is 24.4 Å². The number of carboxylic acids is 1. The maximum absolute atomic E-state index is 14.9. The van der Waals surface area contributed by atoms with E-state index in [1.54, 1.807) is 42.5 Å². The van der Waals surface area contributed by atoms with Gasteiger partial charge in [-0.25, -0.2) is 9.18 Å². The Labute approximate surface area is 204 Å². The first-order valence-electron chi connectivity index (χ1n) is 10.8. The molecular weight excluding hydrogens is 479 g/mol. The van der Waals surface area contributed by atoms with Crippen molar-refractivity contribution in [2.24, 2.45) is 5.92 Å². The predicted molar refractivity (Wildman–Crippen MR) is 129 cm³/mol. The average molecular weight is 499 g/mol. The minimum Gasteiger partial charge on any atom is -0.478 e. The van der Waals surface area contributed by atoms with Crippen LogP contribution in [0.4, 0.5) is 15.8 Å². The van der Waals surface area contributed by atoms with Crippen molar-refractivity contribution in [2.45, 2.75) is 33.9 Å². The van der Waals surface area contributed by atoms with E-state index >= 15 is 0 Å². The lowest BCUT2D eigenvalue weighted by Gasteiger charge is -2.39. The van der Waals surface area contributed by atoms with Crippen molar-refractivity contribution in [3.05, 3.63) is 99.4 Å². The molecule has 1 aliphatic heterocycles. The number of thioether (sulfide) groups is 1. The third-order valence-electron chi connectivity index (χ3n) is 6.66. The third kappa shape index (κ3) is 3.80. The molecule has 2 N–H and O–H groups in total. The Morgan fingerprint density at radius 1 is 1.09 bits per heavy atom. The first-order valence-corrected chi connectivity index (χ1v) is 12.1. The summed E-state index contributed by atoms with van der Waals surface area (Å²) in [5, 5.41) is 24.0. The summed E-state index contributed by atoms with van der Waals surface area (Å²) in [6.07, 6.45) is 0.582. The molecule has 2 aliphatic rings. The van der Waals surface area contributed by atoms with E-state index in [4.69, 9.17) is 11.6 Å². The number of benzene rings is 3. The maximum Gasteiger partial charge on any atom is 0.337 e. The average Bonchev–Trinajstić information content (AvgIpc) is 3.15. The van der Waals surface area contributed by atoms with E-state index in [1.165, 1.54) is 30.0 Å². The van der Waals surface area contributed by atoms with Crippen molar-refractivity contribution in [1.29, 1.82) is 0 Å². The van der Waals surface area contributed by atoms with Gasteiger partial charge in [-0.05, 0) is 36.1 Å². The Hall–Kier alpha value is -3.10. The molecule has 0 radical (unpaired) electrons. The van der Waals surface area contributed by atoms with Crippen molar-refractivity contribution >= 4 is 40.7 Å². The molecule has 5 atom stereocenters. The fourth-order valence-electron chi connectivity index (χ4n) is 5.23. The molecular formula is C25H20ClFN2O4S. The van der Waals surface area contributed by atoms with Crippen LogP contribution in [0, 0.1) is 21.8 Å². The first-order chi connectivity index (χ1) is 16.4. The lowest BCUT2D eigenvalue weighted by molar-refractivity contribution is -0.387. The highest BCUT2D eigenvalue weighted by Gasteiger charge is 2.51. The zero-order chi connectivity index (χ0) is 24.0. The number of aromatic carboxylic acids is 1. The van der Waals surface area contributed by atoms with Crippen molar-refractivity contribution in [1.82, 2.24) is 0 Å². The first kappa shape index (κ1) is 22.7. The molecule has 0 amide bonds. The molecule has 5 rings (SSSR count). The van der Waals surface area contributed by atoms with Crippen LogP contribution in [0.25, 0.3) is 0 Å². The van der Waals surface area contributed by atoms with Crippen molar-refractivity contribution in [3.63, 3.8) is 0 Å². The summed E-state index contributed by atoms with van der Waals surface area (Å²) in [4.78, 5) is 23.6.